The van der Waals surface area contributed by atoms with Gasteiger partial charge in [0.15, 0.2) is 0 Å². The maximum atomic E-state index is 11.3. The third kappa shape index (κ3) is 4.45. The summed E-state index contributed by atoms with van der Waals surface area (Å²) in [5.41, 5.74) is 1.34. The molecule has 104 valence electrons. The molecule has 1 saturated heterocycles. The molecule has 1 aliphatic rings. The molecular weight excluding hydrogens is 355 g/mol. The highest BCUT2D eigenvalue weighted by Gasteiger charge is 2.34. The van der Waals surface area contributed by atoms with Crippen LogP contribution in [0.2, 0.25) is 0 Å². The second kappa shape index (κ2) is 7.24. The molecule has 1 heterocycles. The van der Waals surface area contributed by atoms with E-state index in [4.69, 9.17) is 9.47 Å². The molecule has 1 aliphatic heterocycles. The van der Waals surface area contributed by atoms with Crippen LogP contribution in [0, 0.1) is 0 Å². The molecule has 1 aromatic carbocycles. The summed E-state index contributed by atoms with van der Waals surface area (Å²) in [6.07, 6.45) is 3.61. The number of hydrogen-bond donors (Lipinski definition) is 0. The summed E-state index contributed by atoms with van der Waals surface area (Å²) in [4.78, 5) is 11.3. The predicted molar refractivity (Wildman–Crippen MR) is 82.5 cm³/mol. The molecule has 0 spiro atoms. The van der Waals surface area contributed by atoms with E-state index in [2.05, 4.69) is 46.9 Å². The molecule has 0 N–H and O–H groups in total. The van der Waals surface area contributed by atoms with Crippen LogP contribution in [0.1, 0.15) is 24.8 Å². The van der Waals surface area contributed by atoms with Crippen molar-refractivity contribution in [2.75, 3.05) is 7.11 Å². The van der Waals surface area contributed by atoms with E-state index >= 15 is 0 Å². The average molecular weight is 374 g/mol. The van der Waals surface area contributed by atoms with Crippen LogP contribution >= 0.6 is 22.6 Å². The SMILES string of the molecule is COC(=O)C[C@H]1C[C@@H](I)[C@H](CCc2ccccc2)O1. The minimum absolute atomic E-state index is 0.0233. The van der Waals surface area contributed by atoms with Crippen molar-refractivity contribution in [1.29, 1.82) is 0 Å². The summed E-state index contributed by atoms with van der Waals surface area (Å²) in [6.45, 7) is 0. The normalized spacial score (nSPS) is 26.3. The number of alkyl halides is 1. The molecule has 0 amide bonds. The number of esters is 1. The van der Waals surface area contributed by atoms with E-state index in [0.29, 0.717) is 10.3 Å². The summed E-state index contributed by atoms with van der Waals surface area (Å²) in [5, 5.41) is 0. The molecule has 0 unspecified atom stereocenters. The zero-order valence-corrected chi connectivity index (χ0v) is 13.2. The van der Waals surface area contributed by atoms with E-state index in [-0.39, 0.29) is 18.2 Å². The van der Waals surface area contributed by atoms with Gasteiger partial charge in [-0.1, -0.05) is 52.9 Å². The maximum Gasteiger partial charge on any atom is 0.308 e. The smallest absolute Gasteiger partial charge is 0.308 e. The van der Waals surface area contributed by atoms with Gasteiger partial charge in [-0.2, -0.15) is 0 Å². The van der Waals surface area contributed by atoms with Crippen molar-refractivity contribution in [3.8, 4) is 0 Å². The molecule has 0 radical (unpaired) electrons. The van der Waals surface area contributed by atoms with Crippen molar-refractivity contribution in [2.24, 2.45) is 0 Å². The lowest BCUT2D eigenvalue weighted by atomic mass is 10.0. The highest BCUT2D eigenvalue weighted by atomic mass is 127. The van der Waals surface area contributed by atoms with E-state index in [0.717, 1.165) is 19.3 Å². The number of ether oxygens (including phenoxy) is 2. The fraction of sp³-hybridized carbons (Fsp3) is 0.533. The summed E-state index contributed by atoms with van der Waals surface area (Å²) < 4.78 is 11.1. The molecule has 3 nitrogen and oxygen atoms in total. The molecule has 3 atom stereocenters. The van der Waals surface area contributed by atoms with Gasteiger partial charge in [0, 0.05) is 3.92 Å². The third-order valence-electron chi connectivity index (χ3n) is 3.44. The molecule has 0 aromatic heterocycles. The van der Waals surface area contributed by atoms with Crippen molar-refractivity contribution in [3.63, 3.8) is 0 Å². The Morgan fingerprint density at radius 1 is 1.42 bits per heavy atom. The number of methoxy groups -OCH3 is 1. The molecule has 0 aliphatic carbocycles. The lowest BCUT2D eigenvalue weighted by Crippen LogP contribution is -2.18. The van der Waals surface area contributed by atoms with E-state index in [1.54, 1.807) is 0 Å². The summed E-state index contributed by atoms with van der Waals surface area (Å²) in [6, 6.07) is 10.4. The number of carbonyl (C=O) groups excluding carboxylic acids is 1. The highest BCUT2D eigenvalue weighted by molar-refractivity contribution is 14.1. The van der Waals surface area contributed by atoms with E-state index < -0.39 is 0 Å². The van der Waals surface area contributed by atoms with Gasteiger partial charge in [0.2, 0.25) is 0 Å². The second-order valence-electron chi connectivity index (χ2n) is 4.85. The molecule has 4 heteroatoms. The van der Waals surface area contributed by atoms with Crippen LogP contribution in [0.15, 0.2) is 30.3 Å². The minimum Gasteiger partial charge on any atom is -0.469 e. The van der Waals surface area contributed by atoms with Crippen LogP contribution in [-0.2, 0) is 20.7 Å². The van der Waals surface area contributed by atoms with Crippen LogP contribution in [-0.4, -0.2) is 29.2 Å². The number of benzene rings is 1. The van der Waals surface area contributed by atoms with Crippen molar-refractivity contribution >= 4 is 28.6 Å². The Balaban J connectivity index is 1.80. The van der Waals surface area contributed by atoms with Crippen molar-refractivity contribution < 1.29 is 14.3 Å². The van der Waals surface area contributed by atoms with Crippen LogP contribution < -0.4 is 0 Å². The van der Waals surface area contributed by atoms with E-state index in [1.807, 2.05) is 6.07 Å². The maximum absolute atomic E-state index is 11.3. The largest absolute Gasteiger partial charge is 0.469 e. The number of rotatable bonds is 5. The number of aryl methyl sites for hydroxylation is 1. The van der Waals surface area contributed by atoms with Gasteiger partial charge in [0.1, 0.15) is 0 Å². The molecule has 2 rings (SSSR count). The Hall–Kier alpha value is -0.620. The monoisotopic (exact) mass is 374 g/mol. The van der Waals surface area contributed by atoms with Crippen LogP contribution in [0.5, 0.6) is 0 Å². The quantitative estimate of drug-likeness (QED) is 0.451. The standard InChI is InChI=1S/C15H19IO3/c1-18-15(17)10-12-9-13(16)14(19-12)8-7-11-5-3-2-4-6-11/h2-6,12-14H,7-10H2,1H3/t12-,13-,14+/m1/s1. The van der Waals surface area contributed by atoms with Gasteiger partial charge in [0.05, 0.1) is 25.7 Å². The molecule has 0 bridgehead atoms. The molecule has 1 fully saturated rings. The van der Waals surface area contributed by atoms with Gasteiger partial charge in [-0.3, -0.25) is 4.79 Å². The van der Waals surface area contributed by atoms with Crippen molar-refractivity contribution in [3.05, 3.63) is 35.9 Å². The lowest BCUT2D eigenvalue weighted by Gasteiger charge is -2.14. The van der Waals surface area contributed by atoms with Crippen molar-refractivity contribution in [1.82, 2.24) is 0 Å². The van der Waals surface area contributed by atoms with Gasteiger partial charge in [0.25, 0.3) is 0 Å². The number of carbonyl (C=O) groups is 1. The second-order valence-corrected chi connectivity index (χ2v) is 6.45. The summed E-state index contributed by atoms with van der Waals surface area (Å²) in [5.74, 6) is -0.183. The topological polar surface area (TPSA) is 35.5 Å². The van der Waals surface area contributed by atoms with Crippen LogP contribution in [0.25, 0.3) is 0 Å². The molecule has 0 saturated carbocycles. The molecule has 19 heavy (non-hydrogen) atoms. The molecular formula is C15H19IO3. The molecule has 1 aromatic rings. The first-order chi connectivity index (χ1) is 9.19. The zero-order chi connectivity index (χ0) is 13.7. The Kier molecular flexibility index (Phi) is 5.63. The first-order valence-corrected chi connectivity index (χ1v) is 7.84. The Morgan fingerprint density at radius 3 is 2.84 bits per heavy atom. The van der Waals surface area contributed by atoms with Gasteiger partial charge >= 0.3 is 5.97 Å². The fourth-order valence-corrected chi connectivity index (χ4v) is 3.49. The fourth-order valence-electron chi connectivity index (χ4n) is 2.39. The average Bonchev–Trinajstić information content (AvgIpc) is 2.77. The van der Waals surface area contributed by atoms with Gasteiger partial charge in [-0.25, -0.2) is 0 Å². The number of hydrogen-bond acceptors (Lipinski definition) is 3. The van der Waals surface area contributed by atoms with Crippen molar-refractivity contribution in [2.45, 2.75) is 41.8 Å². The summed E-state index contributed by atoms with van der Waals surface area (Å²) in [7, 11) is 1.42. The van der Waals surface area contributed by atoms with Gasteiger partial charge < -0.3 is 9.47 Å². The number of halogens is 1. The van der Waals surface area contributed by atoms with Crippen LogP contribution in [0.4, 0.5) is 0 Å². The summed E-state index contributed by atoms with van der Waals surface area (Å²) >= 11 is 2.43. The first-order valence-electron chi connectivity index (χ1n) is 6.59. The Bertz CT molecular complexity index is 407. The zero-order valence-electron chi connectivity index (χ0n) is 11.0. The third-order valence-corrected chi connectivity index (χ3v) is 4.75. The highest BCUT2D eigenvalue weighted by Crippen LogP contribution is 2.31. The predicted octanol–water partition coefficient (Wildman–Crippen LogP) is 3.14. The lowest BCUT2D eigenvalue weighted by molar-refractivity contribution is -0.143. The van der Waals surface area contributed by atoms with E-state index in [1.165, 1.54) is 12.7 Å². The minimum atomic E-state index is -0.183. The Labute approximate surface area is 127 Å². The Morgan fingerprint density at radius 2 is 2.16 bits per heavy atom. The van der Waals surface area contributed by atoms with E-state index in [9.17, 15) is 4.79 Å². The van der Waals surface area contributed by atoms with Crippen LogP contribution in [0.3, 0.4) is 0 Å². The van der Waals surface area contributed by atoms with Gasteiger partial charge in [-0.15, -0.1) is 0 Å². The van der Waals surface area contributed by atoms with Gasteiger partial charge in [-0.05, 0) is 24.8 Å². The first kappa shape index (κ1) is 14.8.